The maximum Gasteiger partial charge on any atom is 0.416 e. The van der Waals surface area contributed by atoms with Crippen LogP contribution in [0.2, 0.25) is 5.15 Å². The lowest BCUT2D eigenvalue weighted by atomic mass is 10.2. The highest BCUT2D eigenvalue weighted by Gasteiger charge is 2.31. The van der Waals surface area contributed by atoms with Gasteiger partial charge in [-0.25, -0.2) is 24.7 Å². The number of urea groups is 1. The van der Waals surface area contributed by atoms with Crippen molar-refractivity contribution in [2.75, 3.05) is 5.32 Å². The lowest BCUT2D eigenvalue weighted by molar-refractivity contribution is -0.137. The summed E-state index contributed by atoms with van der Waals surface area (Å²) in [6, 6.07) is 1.49. The number of anilines is 1. The first-order valence-corrected chi connectivity index (χ1v) is 8.11. The van der Waals surface area contributed by atoms with E-state index in [1.54, 1.807) is 13.0 Å². The van der Waals surface area contributed by atoms with Gasteiger partial charge in [-0.1, -0.05) is 11.6 Å². The molecule has 0 aliphatic heterocycles. The number of amides is 2. The molecule has 0 radical (unpaired) electrons. The van der Waals surface area contributed by atoms with Crippen LogP contribution >= 0.6 is 11.6 Å². The first-order valence-electron chi connectivity index (χ1n) is 7.73. The quantitative estimate of drug-likeness (QED) is 0.637. The highest BCUT2D eigenvalue weighted by molar-refractivity contribution is 6.29. The maximum absolute atomic E-state index is 12.8. The van der Waals surface area contributed by atoms with Crippen LogP contribution in [0.3, 0.4) is 0 Å². The molecular weight excluding hydrogens is 401 g/mol. The van der Waals surface area contributed by atoms with Crippen LogP contribution in [0, 0.1) is 0 Å². The summed E-state index contributed by atoms with van der Waals surface area (Å²) in [4.78, 5) is 28.0. The second-order valence-corrected chi connectivity index (χ2v) is 5.85. The zero-order chi connectivity index (χ0) is 20.3. The third kappa shape index (κ3) is 4.52. The standard InChI is InChI=1S/C15H12ClF3N8O/c1-8(12-22-7-23-27(12)13-20-3-2-4-21-13)24-14(28)26-11-6-9(15(17,18)19)5-10(16)25-11/h2-8H,1H3,(H2,24,25,26,28)/t8-/m0/s1. The average Bonchev–Trinajstić information content (AvgIpc) is 3.11. The van der Waals surface area contributed by atoms with Gasteiger partial charge in [0.2, 0.25) is 0 Å². The molecule has 0 saturated carbocycles. The highest BCUT2D eigenvalue weighted by atomic mass is 35.5. The summed E-state index contributed by atoms with van der Waals surface area (Å²) >= 11 is 5.60. The van der Waals surface area contributed by atoms with Crippen molar-refractivity contribution in [3.63, 3.8) is 0 Å². The second kappa shape index (κ2) is 7.76. The number of hydrogen-bond acceptors (Lipinski definition) is 6. The van der Waals surface area contributed by atoms with E-state index in [2.05, 4.69) is 35.7 Å². The van der Waals surface area contributed by atoms with E-state index >= 15 is 0 Å². The van der Waals surface area contributed by atoms with E-state index in [1.807, 2.05) is 0 Å². The largest absolute Gasteiger partial charge is 0.416 e. The molecule has 0 spiro atoms. The highest BCUT2D eigenvalue weighted by Crippen LogP contribution is 2.31. The molecule has 0 aliphatic rings. The van der Waals surface area contributed by atoms with Gasteiger partial charge in [-0.3, -0.25) is 5.32 Å². The molecule has 3 rings (SSSR count). The number of halogens is 4. The van der Waals surface area contributed by atoms with Crippen LogP contribution < -0.4 is 10.6 Å². The van der Waals surface area contributed by atoms with Crippen LogP contribution in [-0.4, -0.2) is 35.7 Å². The minimum absolute atomic E-state index is 0.246. The Kier molecular flexibility index (Phi) is 5.40. The Morgan fingerprint density at radius 2 is 1.93 bits per heavy atom. The minimum Gasteiger partial charge on any atom is -0.328 e. The molecule has 0 bridgehead atoms. The molecule has 0 fully saturated rings. The van der Waals surface area contributed by atoms with E-state index in [9.17, 15) is 18.0 Å². The second-order valence-electron chi connectivity index (χ2n) is 5.46. The van der Waals surface area contributed by atoms with Crippen molar-refractivity contribution in [1.29, 1.82) is 0 Å². The Morgan fingerprint density at radius 1 is 1.21 bits per heavy atom. The zero-order valence-corrected chi connectivity index (χ0v) is 14.9. The van der Waals surface area contributed by atoms with Crippen molar-refractivity contribution in [3.8, 4) is 5.95 Å². The van der Waals surface area contributed by atoms with Gasteiger partial charge >= 0.3 is 12.2 Å². The molecule has 1 atom stereocenters. The van der Waals surface area contributed by atoms with Gasteiger partial charge in [0.05, 0.1) is 11.6 Å². The summed E-state index contributed by atoms with van der Waals surface area (Å²) in [7, 11) is 0. The van der Waals surface area contributed by atoms with E-state index in [4.69, 9.17) is 11.6 Å². The van der Waals surface area contributed by atoms with Crippen molar-refractivity contribution in [3.05, 3.63) is 53.5 Å². The number of pyridine rings is 1. The first-order chi connectivity index (χ1) is 13.2. The van der Waals surface area contributed by atoms with Gasteiger partial charge in [-0.2, -0.15) is 23.0 Å². The van der Waals surface area contributed by atoms with E-state index in [0.717, 1.165) is 0 Å². The smallest absolute Gasteiger partial charge is 0.328 e. The normalized spacial score (nSPS) is 12.5. The Balaban J connectivity index is 1.73. The molecule has 146 valence electrons. The van der Waals surface area contributed by atoms with Crippen molar-refractivity contribution < 1.29 is 18.0 Å². The number of aromatic nitrogens is 6. The van der Waals surface area contributed by atoms with Crippen LogP contribution in [0.1, 0.15) is 24.4 Å². The summed E-state index contributed by atoms with van der Waals surface area (Å²) in [5, 5.41) is 8.34. The van der Waals surface area contributed by atoms with Crippen LogP contribution in [0.4, 0.5) is 23.8 Å². The molecule has 2 amide bonds. The van der Waals surface area contributed by atoms with E-state index < -0.39 is 29.0 Å². The number of nitrogens with one attached hydrogen (secondary N) is 2. The number of alkyl halides is 3. The fourth-order valence-corrected chi connectivity index (χ4v) is 2.45. The SMILES string of the molecule is C[C@H](NC(=O)Nc1cc(C(F)(F)F)cc(Cl)n1)c1ncnn1-c1ncccn1. The Hall–Kier alpha value is -3.28. The number of carbonyl (C=O) groups is 1. The van der Waals surface area contributed by atoms with Crippen molar-refractivity contribution >= 4 is 23.4 Å². The van der Waals surface area contributed by atoms with Gasteiger partial charge in [-0.15, -0.1) is 0 Å². The Morgan fingerprint density at radius 3 is 2.61 bits per heavy atom. The van der Waals surface area contributed by atoms with Crippen molar-refractivity contribution in [2.24, 2.45) is 0 Å². The van der Waals surface area contributed by atoms with Gasteiger partial charge in [-0.05, 0) is 25.1 Å². The minimum atomic E-state index is -4.63. The average molecular weight is 413 g/mol. The van der Waals surface area contributed by atoms with Gasteiger partial charge in [0.25, 0.3) is 5.95 Å². The molecule has 9 nitrogen and oxygen atoms in total. The Labute approximate surface area is 161 Å². The third-order valence-corrected chi connectivity index (χ3v) is 3.61. The monoisotopic (exact) mass is 412 g/mol. The molecule has 0 unspecified atom stereocenters. The maximum atomic E-state index is 12.8. The Bertz CT molecular complexity index is 979. The molecule has 28 heavy (non-hydrogen) atoms. The summed E-state index contributed by atoms with van der Waals surface area (Å²) in [6.07, 6.45) is -0.335. The number of hydrogen-bond donors (Lipinski definition) is 2. The van der Waals surface area contributed by atoms with Crippen LogP contribution in [-0.2, 0) is 6.18 Å². The van der Waals surface area contributed by atoms with E-state index in [1.165, 1.54) is 23.4 Å². The topological polar surface area (TPSA) is 111 Å². The molecule has 3 aromatic rings. The summed E-state index contributed by atoms with van der Waals surface area (Å²) in [5.41, 5.74) is -1.03. The lowest BCUT2D eigenvalue weighted by Gasteiger charge is -2.15. The number of carbonyl (C=O) groups excluding carboxylic acids is 1. The fourth-order valence-electron chi connectivity index (χ4n) is 2.24. The fraction of sp³-hybridized carbons (Fsp3) is 0.200. The van der Waals surface area contributed by atoms with E-state index in [-0.39, 0.29) is 11.8 Å². The van der Waals surface area contributed by atoms with Crippen LogP contribution in [0.15, 0.2) is 36.9 Å². The van der Waals surface area contributed by atoms with Gasteiger partial charge in [0.15, 0.2) is 5.82 Å². The van der Waals surface area contributed by atoms with Gasteiger partial charge < -0.3 is 5.32 Å². The molecule has 2 N–H and O–H groups in total. The number of rotatable bonds is 4. The van der Waals surface area contributed by atoms with E-state index in [0.29, 0.717) is 18.0 Å². The van der Waals surface area contributed by atoms with Crippen molar-refractivity contribution in [2.45, 2.75) is 19.1 Å². The van der Waals surface area contributed by atoms with Crippen LogP contribution in [0.25, 0.3) is 5.95 Å². The zero-order valence-electron chi connectivity index (χ0n) is 14.1. The molecule has 0 aromatic carbocycles. The molecule has 3 aromatic heterocycles. The summed E-state index contributed by atoms with van der Waals surface area (Å²) in [5.74, 6) is 0.212. The molecule has 13 heteroatoms. The summed E-state index contributed by atoms with van der Waals surface area (Å²) < 4.78 is 39.9. The molecule has 0 aliphatic carbocycles. The summed E-state index contributed by atoms with van der Waals surface area (Å²) in [6.45, 7) is 1.61. The number of nitrogens with zero attached hydrogens (tertiary/aromatic N) is 6. The molecular formula is C15H12ClF3N8O. The van der Waals surface area contributed by atoms with Crippen molar-refractivity contribution in [1.82, 2.24) is 35.0 Å². The lowest BCUT2D eigenvalue weighted by Crippen LogP contribution is -2.33. The molecule has 3 heterocycles. The van der Waals surface area contributed by atoms with Crippen LogP contribution in [0.5, 0.6) is 0 Å². The first kappa shape index (κ1) is 19.5. The predicted octanol–water partition coefficient (Wildman–Crippen LogP) is 3.01. The third-order valence-electron chi connectivity index (χ3n) is 3.41. The predicted molar refractivity (Wildman–Crippen MR) is 91.8 cm³/mol. The van der Waals surface area contributed by atoms with Gasteiger partial charge in [0, 0.05) is 12.4 Å². The van der Waals surface area contributed by atoms with Gasteiger partial charge in [0.1, 0.15) is 17.3 Å². The molecule has 0 saturated heterocycles.